The second-order valence-electron chi connectivity index (χ2n) is 6.92. The highest BCUT2D eigenvalue weighted by molar-refractivity contribution is 5.45. The van der Waals surface area contributed by atoms with E-state index in [0.717, 1.165) is 37.1 Å². The van der Waals surface area contributed by atoms with Crippen molar-refractivity contribution in [2.45, 2.75) is 64.9 Å². The van der Waals surface area contributed by atoms with Gasteiger partial charge in [-0.15, -0.1) is 0 Å². The third-order valence-electron chi connectivity index (χ3n) is 4.31. The zero-order valence-corrected chi connectivity index (χ0v) is 15.8. The Kier molecular flexibility index (Phi) is 7.24. The molecule has 1 heterocycles. The SMILES string of the molecule is CCOC(CCCNC1CC(C)(C)Oc2ccc(C#N)cc21)OCC. The molecule has 5 nitrogen and oxygen atoms in total. The quantitative estimate of drug-likeness (QED) is 0.542. The number of hydrogen-bond donors (Lipinski definition) is 1. The van der Waals surface area contributed by atoms with Crippen molar-refractivity contribution >= 4 is 0 Å². The highest BCUT2D eigenvalue weighted by atomic mass is 16.7. The molecule has 5 heteroatoms. The van der Waals surface area contributed by atoms with E-state index in [4.69, 9.17) is 19.5 Å². The summed E-state index contributed by atoms with van der Waals surface area (Å²) in [5, 5.41) is 12.8. The van der Waals surface area contributed by atoms with Crippen LogP contribution in [-0.2, 0) is 9.47 Å². The van der Waals surface area contributed by atoms with Gasteiger partial charge in [0.25, 0.3) is 0 Å². The van der Waals surface area contributed by atoms with Gasteiger partial charge in [0.15, 0.2) is 6.29 Å². The molecule has 0 saturated carbocycles. The van der Waals surface area contributed by atoms with Gasteiger partial charge in [-0.2, -0.15) is 5.26 Å². The Morgan fingerprint density at radius 2 is 2.04 bits per heavy atom. The fourth-order valence-corrected chi connectivity index (χ4v) is 3.24. The van der Waals surface area contributed by atoms with Crippen LogP contribution in [0, 0.1) is 11.3 Å². The predicted molar refractivity (Wildman–Crippen MR) is 97.5 cm³/mol. The van der Waals surface area contributed by atoms with Crippen molar-refractivity contribution in [2.24, 2.45) is 0 Å². The van der Waals surface area contributed by atoms with Crippen molar-refractivity contribution in [1.82, 2.24) is 5.32 Å². The van der Waals surface area contributed by atoms with Crippen LogP contribution in [0.5, 0.6) is 5.75 Å². The summed E-state index contributed by atoms with van der Waals surface area (Å²) in [6.07, 6.45) is 2.58. The van der Waals surface area contributed by atoms with E-state index in [2.05, 4.69) is 25.2 Å². The van der Waals surface area contributed by atoms with Gasteiger partial charge in [-0.25, -0.2) is 0 Å². The number of nitriles is 1. The lowest BCUT2D eigenvalue weighted by Crippen LogP contribution is -2.39. The Morgan fingerprint density at radius 3 is 2.68 bits per heavy atom. The van der Waals surface area contributed by atoms with Gasteiger partial charge in [-0.1, -0.05) is 0 Å². The number of ether oxygens (including phenoxy) is 3. The molecule has 0 bridgehead atoms. The molecule has 0 fully saturated rings. The molecule has 1 aromatic carbocycles. The molecule has 138 valence electrons. The topological polar surface area (TPSA) is 63.5 Å². The van der Waals surface area contributed by atoms with E-state index >= 15 is 0 Å². The van der Waals surface area contributed by atoms with Gasteiger partial charge in [0.2, 0.25) is 0 Å². The van der Waals surface area contributed by atoms with Crippen molar-refractivity contribution < 1.29 is 14.2 Å². The zero-order valence-electron chi connectivity index (χ0n) is 15.8. The van der Waals surface area contributed by atoms with Crippen LogP contribution in [-0.4, -0.2) is 31.6 Å². The number of nitrogens with zero attached hydrogens (tertiary/aromatic N) is 1. The molecule has 0 spiro atoms. The van der Waals surface area contributed by atoms with Crippen LogP contribution in [0.3, 0.4) is 0 Å². The van der Waals surface area contributed by atoms with Gasteiger partial charge in [0, 0.05) is 31.2 Å². The molecule has 2 rings (SSSR count). The van der Waals surface area contributed by atoms with Gasteiger partial charge in [0.1, 0.15) is 11.4 Å². The third-order valence-corrected chi connectivity index (χ3v) is 4.31. The predicted octanol–water partition coefficient (Wildman–Crippen LogP) is 3.93. The van der Waals surface area contributed by atoms with Crippen LogP contribution in [0.2, 0.25) is 0 Å². The minimum absolute atomic E-state index is 0.125. The molecule has 1 aliphatic rings. The smallest absolute Gasteiger partial charge is 0.157 e. The second kappa shape index (κ2) is 9.19. The summed E-state index contributed by atoms with van der Waals surface area (Å²) in [5.41, 5.74) is 1.52. The van der Waals surface area contributed by atoms with E-state index in [-0.39, 0.29) is 17.9 Å². The normalized spacial score (nSPS) is 18.5. The van der Waals surface area contributed by atoms with Gasteiger partial charge in [-0.05, 0) is 65.3 Å². The second-order valence-corrected chi connectivity index (χ2v) is 6.92. The molecule has 0 aromatic heterocycles. The third kappa shape index (κ3) is 5.71. The van der Waals surface area contributed by atoms with E-state index in [9.17, 15) is 0 Å². The Hall–Kier alpha value is -1.61. The van der Waals surface area contributed by atoms with E-state index in [1.54, 1.807) is 0 Å². The minimum Gasteiger partial charge on any atom is -0.487 e. The van der Waals surface area contributed by atoms with Crippen molar-refractivity contribution in [3.8, 4) is 11.8 Å². The van der Waals surface area contributed by atoms with Crippen LogP contribution < -0.4 is 10.1 Å². The molecule has 0 radical (unpaired) electrons. The molecule has 0 aliphatic carbocycles. The van der Waals surface area contributed by atoms with Crippen molar-refractivity contribution in [3.63, 3.8) is 0 Å². The zero-order chi connectivity index (χ0) is 18.3. The van der Waals surface area contributed by atoms with Gasteiger partial charge in [0.05, 0.1) is 11.6 Å². The molecular formula is C20H30N2O3. The molecule has 0 amide bonds. The fraction of sp³-hybridized carbons (Fsp3) is 0.650. The van der Waals surface area contributed by atoms with Crippen LogP contribution in [0.1, 0.15) is 64.1 Å². The number of rotatable bonds is 9. The van der Waals surface area contributed by atoms with Crippen molar-refractivity contribution in [3.05, 3.63) is 29.3 Å². The number of nitrogens with one attached hydrogen (secondary N) is 1. The highest BCUT2D eigenvalue weighted by Crippen LogP contribution is 2.39. The Bertz CT molecular complexity index is 589. The highest BCUT2D eigenvalue weighted by Gasteiger charge is 2.33. The fourth-order valence-electron chi connectivity index (χ4n) is 3.24. The van der Waals surface area contributed by atoms with Crippen LogP contribution in [0.15, 0.2) is 18.2 Å². The molecule has 1 aliphatic heterocycles. The lowest BCUT2D eigenvalue weighted by atomic mass is 9.89. The molecule has 1 atom stereocenters. The van der Waals surface area contributed by atoms with Crippen LogP contribution >= 0.6 is 0 Å². The summed E-state index contributed by atoms with van der Waals surface area (Å²) in [6, 6.07) is 8.05. The summed E-state index contributed by atoms with van der Waals surface area (Å²) < 4.78 is 17.2. The minimum atomic E-state index is -0.224. The molecule has 1 unspecified atom stereocenters. The summed E-state index contributed by atoms with van der Waals surface area (Å²) in [4.78, 5) is 0. The average molecular weight is 346 g/mol. The van der Waals surface area contributed by atoms with E-state index in [1.807, 2.05) is 32.0 Å². The van der Waals surface area contributed by atoms with Crippen LogP contribution in [0.25, 0.3) is 0 Å². The van der Waals surface area contributed by atoms with Gasteiger partial charge < -0.3 is 19.5 Å². The Labute approximate surface area is 151 Å². The standard InChI is InChI=1S/C20H30N2O3/c1-5-23-19(24-6-2)8-7-11-22-17-13-20(3,4)25-18-10-9-15(14-21)12-16(17)18/h9-10,12,17,19,22H,5-8,11,13H2,1-4H3. The molecule has 0 saturated heterocycles. The summed E-state index contributed by atoms with van der Waals surface area (Å²) in [5.74, 6) is 0.870. The van der Waals surface area contributed by atoms with Crippen molar-refractivity contribution in [1.29, 1.82) is 5.26 Å². The Morgan fingerprint density at radius 1 is 1.32 bits per heavy atom. The first-order valence-electron chi connectivity index (χ1n) is 9.18. The monoisotopic (exact) mass is 346 g/mol. The van der Waals surface area contributed by atoms with Crippen LogP contribution in [0.4, 0.5) is 0 Å². The molecule has 1 N–H and O–H groups in total. The summed E-state index contributed by atoms with van der Waals surface area (Å²) in [7, 11) is 0. The van der Waals surface area contributed by atoms with E-state index in [1.165, 1.54) is 0 Å². The van der Waals surface area contributed by atoms with Crippen molar-refractivity contribution in [2.75, 3.05) is 19.8 Å². The van der Waals surface area contributed by atoms with E-state index < -0.39 is 0 Å². The molecular weight excluding hydrogens is 316 g/mol. The van der Waals surface area contributed by atoms with Gasteiger partial charge in [-0.3, -0.25) is 0 Å². The maximum absolute atomic E-state index is 9.17. The number of benzene rings is 1. The number of hydrogen-bond acceptors (Lipinski definition) is 5. The number of fused-ring (bicyclic) bond motifs is 1. The summed E-state index contributed by atoms with van der Waals surface area (Å²) >= 11 is 0. The molecule has 1 aromatic rings. The van der Waals surface area contributed by atoms with E-state index in [0.29, 0.717) is 18.8 Å². The summed E-state index contributed by atoms with van der Waals surface area (Å²) in [6.45, 7) is 10.4. The molecule has 25 heavy (non-hydrogen) atoms. The van der Waals surface area contributed by atoms with Gasteiger partial charge >= 0.3 is 0 Å². The maximum Gasteiger partial charge on any atom is 0.157 e. The average Bonchev–Trinajstić information content (AvgIpc) is 2.57. The first-order valence-corrected chi connectivity index (χ1v) is 9.18. The first kappa shape index (κ1) is 19.7. The Balaban J connectivity index is 1.96. The first-order chi connectivity index (χ1) is 12.0. The lowest BCUT2D eigenvalue weighted by Gasteiger charge is -2.38. The lowest BCUT2D eigenvalue weighted by molar-refractivity contribution is -0.140. The maximum atomic E-state index is 9.17. The largest absolute Gasteiger partial charge is 0.487 e.